The van der Waals surface area contributed by atoms with E-state index in [2.05, 4.69) is 20.8 Å². The van der Waals surface area contributed by atoms with Crippen molar-refractivity contribution in [3.8, 4) is 5.75 Å². The van der Waals surface area contributed by atoms with E-state index < -0.39 is 11.9 Å². The second kappa shape index (κ2) is 11.1. The summed E-state index contributed by atoms with van der Waals surface area (Å²) in [5.41, 5.74) is 2.17. The molecule has 2 aromatic carbocycles. The van der Waals surface area contributed by atoms with Crippen LogP contribution in [0.15, 0.2) is 47.6 Å². The zero-order valence-corrected chi connectivity index (χ0v) is 20.6. The molecular weight excluding hydrogens is 457 g/mol. The second-order valence-corrected chi connectivity index (χ2v) is 8.99. The first-order valence-electron chi connectivity index (χ1n) is 10.8. The topological polar surface area (TPSA) is 98.1 Å². The molecule has 3 rings (SSSR count). The third-order valence-corrected chi connectivity index (χ3v) is 5.81. The number of nitrogens with zero attached hydrogens (tertiary/aromatic N) is 3. The van der Waals surface area contributed by atoms with Gasteiger partial charge in [0.1, 0.15) is 0 Å². The van der Waals surface area contributed by atoms with Gasteiger partial charge in [0.05, 0.1) is 5.75 Å². The maximum atomic E-state index is 14.0. The molecule has 34 heavy (non-hydrogen) atoms. The SMILES string of the molecule is CC(=O)Nc1ccc(NC(=O)CSc2nnc(C(C)Oc3ccccc3F)n2C(C)C)cc1C. The molecule has 0 radical (unpaired) electrons. The van der Waals surface area contributed by atoms with Crippen LogP contribution in [0, 0.1) is 12.7 Å². The summed E-state index contributed by atoms with van der Waals surface area (Å²) in [6.45, 7) is 9.04. The van der Waals surface area contributed by atoms with E-state index in [0.29, 0.717) is 22.4 Å². The van der Waals surface area contributed by atoms with Crippen LogP contribution in [0.2, 0.25) is 0 Å². The van der Waals surface area contributed by atoms with Crippen molar-refractivity contribution < 1.29 is 18.7 Å². The Labute approximate surface area is 202 Å². The first-order valence-corrected chi connectivity index (χ1v) is 11.8. The lowest BCUT2D eigenvalue weighted by Gasteiger charge is -2.19. The Balaban J connectivity index is 1.66. The Hall–Kier alpha value is -3.40. The summed E-state index contributed by atoms with van der Waals surface area (Å²) >= 11 is 1.26. The van der Waals surface area contributed by atoms with Gasteiger partial charge in [-0.05, 0) is 63.6 Å². The smallest absolute Gasteiger partial charge is 0.234 e. The molecular formula is C24H28FN5O3S. The average molecular weight is 486 g/mol. The van der Waals surface area contributed by atoms with Crippen LogP contribution in [0.5, 0.6) is 5.75 Å². The van der Waals surface area contributed by atoms with Gasteiger partial charge in [-0.2, -0.15) is 0 Å². The lowest BCUT2D eigenvalue weighted by Crippen LogP contribution is -2.17. The highest BCUT2D eigenvalue weighted by Crippen LogP contribution is 2.29. The Morgan fingerprint density at radius 2 is 1.85 bits per heavy atom. The van der Waals surface area contributed by atoms with Gasteiger partial charge in [-0.15, -0.1) is 10.2 Å². The molecule has 0 aliphatic rings. The van der Waals surface area contributed by atoms with E-state index in [9.17, 15) is 14.0 Å². The van der Waals surface area contributed by atoms with Crippen molar-refractivity contribution in [1.82, 2.24) is 14.8 Å². The number of thioether (sulfide) groups is 1. The van der Waals surface area contributed by atoms with Crippen molar-refractivity contribution in [3.63, 3.8) is 0 Å². The Kier molecular flexibility index (Phi) is 8.27. The van der Waals surface area contributed by atoms with E-state index >= 15 is 0 Å². The molecule has 0 saturated carbocycles. The summed E-state index contributed by atoms with van der Waals surface area (Å²) in [7, 11) is 0. The highest BCUT2D eigenvalue weighted by atomic mass is 32.2. The van der Waals surface area contributed by atoms with E-state index in [1.807, 2.05) is 25.3 Å². The summed E-state index contributed by atoms with van der Waals surface area (Å²) < 4.78 is 21.6. The van der Waals surface area contributed by atoms with Crippen molar-refractivity contribution in [2.24, 2.45) is 0 Å². The predicted molar refractivity (Wildman–Crippen MR) is 131 cm³/mol. The summed E-state index contributed by atoms with van der Waals surface area (Å²) in [6.07, 6.45) is -0.542. The normalized spacial score (nSPS) is 11.9. The maximum absolute atomic E-state index is 14.0. The van der Waals surface area contributed by atoms with Gasteiger partial charge < -0.3 is 19.9 Å². The third kappa shape index (κ3) is 6.34. The Morgan fingerprint density at radius 1 is 1.12 bits per heavy atom. The highest BCUT2D eigenvalue weighted by molar-refractivity contribution is 7.99. The quantitative estimate of drug-likeness (QED) is 0.408. The zero-order chi connectivity index (χ0) is 24.8. The molecule has 0 fully saturated rings. The van der Waals surface area contributed by atoms with E-state index in [0.717, 1.165) is 5.56 Å². The number of nitrogens with one attached hydrogen (secondary N) is 2. The summed E-state index contributed by atoms with van der Waals surface area (Å²) in [5, 5.41) is 14.7. The van der Waals surface area contributed by atoms with Crippen LogP contribution >= 0.6 is 11.8 Å². The number of hydrogen-bond acceptors (Lipinski definition) is 6. The van der Waals surface area contributed by atoms with E-state index in [1.54, 1.807) is 43.3 Å². The van der Waals surface area contributed by atoms with Gasteiger partial charge in [0.2, 0.25) is 11.8 Å². The largest absolute Gasteiger partial charge is 0.480 e. The number of carbonyl (C=O) groups excluding carboxylic acids is 2. The number of aromatic nitrogens is 3. The van der Waals surface area contributed by atoms with Crippen molar-refractivity contribution in [2.75, 3.05) is 16.4 Å². The molecule has 1 heterocycles. The van der Waals surface area contributed by atoms with Crippen LogP contribution in [-0.2, 0) is 9.59 Å². The molecule has 0 spiro atoms. The number of rotatable bonds is 9. The fourth-order valence-electron chi connectivity index (χ4n) is 3.33. The van der Waals surface area contributed by atoms with Gasteiger partial charge in [-0.3, -0.25) is 9.59 Å². The lowest BCUT2D eigenvalue weighted by atomic mass is 10.1. The number of amides is 2. The minimum Gasteiger partial charge on any atom is -0.480 e. The van der Waals surface area contributed by atoms with Gasteiger partial charge in [0, 0.05) is 24.3 Å². The van der Waals surface area contributed by atoms with Crippen LogP contribution < -0.4 is 15.4 Å². The van der Waals surface area contributed by atoms with Gasteiger partial charge >= 0.3 is 0 Å². The van der Waals surface area contributed by atoms with Crippen LogP contribution in [0.4, 0.5) is 15.8 Å². The van der Waals surface area contributed by atoms with E-state index in [4.69, 9.17) is 4.74 Å². The van der Waals surface area contributed by atoms with Gasteiger partial charge in [0.25, 0.3) is 0 Å². The van der Waals surface area contributed by atoms with Crippen LogP contribution in [-0.4, -0.2) is 32.3 Å². The fourth-order valence-corrected chi connectivity index (χ4v) is 4.21. The molecule has 0 saturated heterocycles. The monoisotopic (exact) mass is 485 g/mol. The summed E-state index contributed by atoms with van der Waals surface area (Å²) in [4.78, 5) is 23.8. The van der Waals surface area contributed by atoms with Crippen molar-refractivity contribution in [3.05, 3.63) is 59.7 Å². The predicted octanol–water partition coefficient (Wildman–Crippen LogP) is 5.14. The van der Waals surface area contributed by atoms with Crippen LogP contribution in [0.3, 0.4) is 0 Å². The van der Waals surface area contributed by atoms with E-state index in [-0.39, 0.29) is 29.4 Å². The minimum atomic E-state index is -0.542. The molecule has 8 nitrogen and oxygen atoms in total. The number of anilines is 2. The standard InChI is InChI=1S/C24H28FN5O3S/c1-14(2)30-23(16(4)33-21-9-7-6-8-19(21)25)28-29-24(30)34-13-22(32)27-18-10-11-20(15(3)12-18)26-17(5)31/h6-12,14,16H,13H2,1-5H3,(H,26,31)(H,27,32). The molecule has 1 atom stereocenters. The molecule has 2 amide bonds. The molecule has 0 aliphatic carbocycles. The van der Waals surface area contributed by atoms with Crippen molar-refractivity contribution in [1.29, 1.82) is 0 Å². The van der Waals surface area contributed by atoms with Crippen LogP contribution in [0.1, 0.15) is 51.2 Å². The Bertz CT molecular complexity index is 1180. The first kappa shape index (κ1) is 25.2. The first-order chi connectivity index (χ1) is 16.2. The molecule has 2 N–H and O–H groups in total. The number of hydrogen-bond donors (Lipinski definition) is 2. The number of aryl methyl sites for hydroxylation is 1. The average Bonchev–Trinajstić information content (AvgIpc) is 3.20. The lowest BCUT2D eigenvalue weighted by molar-refractivity contribution is -0.114. The van der Waals surface area contributed by atoms with Crippen molar-refractivity contribution in [2.45, 2.75) is 51.9 Å². The van der Waals surface area contributed by atoms with E-state index in [1.165, 1.54) is 24.8 Å². The molecule has 1 aromatic heterocycles. The second-order valence-electron chi connectivity index (χ2n) is 8.04. The molecule has 1 unspecified atom stereocenters. The maximum Gasteiger partial charge on any atom is 0.234 e. The van der Waals surface area contributed by atoms with Gasteiger partial charge in [0.15, 0.2) is 28.7 Å². The summed E-state index contributed by atoms with van der Waals surface area (Å²) in [6, 6.07) is 11.5. The number of ether oxygens (including phenoxy) is 1. The molecule has 3 aromatic rings. The van der Waals surface area contributed by atoms with Gasteiger partial charge in [-0.25, -0.2) is 4.39 Å². The van der Waals surface area contributed by atoms with Gasteiger partial charge in [-0.1, -0.05) is 23.9 Å². The number of halogens is 1. The Morgan fingerprint density at radius 3 is 2.50 bits per heavy atom. The number of para-hydroxylation sites is 1. The molecule has 0 aliphatic heterocycles. The fraction of sp³-hybridized carbons (Fsp3) is 0.333. The molecule has 0 bridgehead atoms. The summed E-state index contributed by atoms with van der Waals surface area (Å²) in [5.74, 6) is 0.00856. The molecule has 10 heteroatoms. The van der Waals surface area contributed by atoms with Crippen molar-refractivity contribution >= 4 is 35.0 Å². The number of benzene rings is 2. The third-order valence-electron chi connectivity index (χ3n) is 4.86. The molecule has 180 valence electrons. The zero-order valence-electron chi connectivity index (χ0n) is 19.8. The minimum absolute atomic E-state index is 0.00574. The highest BCUT2D eigenvalue weighted by Gasteiger charge is 2.23. The number of carbonyl (C=O) groups is 2. The van der Waals surface area contributed by atoms with Crippen LogP contribution in [0.25, 0.3) is 0 Å².